The molecule has 0 aromatic carbocycles. The maximum absolute atomic E-state index is 10.6. The smallest absolute Gasteiger partial charge is 0.147 e. The monoisotopic (exact) mass is 160 g/mol. The van der Waals surface area contributed by atoms with Crippen LogP contribution >= 0.6 is 0 Å². The summed E-state index contributed by atoms with van der Waals surface area (Å²) < 4.78 is 10.1. The van der Waals surface area contributed by atoms with E-state index in [1.165, 1.54) is 0 Å². The fourth-order valence-corrected chi connectivity index (χ4v) is 0.711. The van der Waals surface area contributed by atoms with Gasteiger partial charge in [-0.15, -0.1) is 0 Å². The van der Waals surface area contributed by atoms with E-state index in [-0.39, 0.29) is 18.7 Å². The molecule has 0 heterocycles. The van der Waals surface area contributed by atoms with Crippen LogP contribution in [0.3, 0.4) is 0 Å². The predicted molar refractivity (Wildman–Crippen MR) is 42.3 cm³/mol. The normalized spacial score (nSPS) is 13.0. The summed E-state index contributed by atoms with van der Waals surface area (Å²) in [6, 6.07) is 0. The molecule has 0 fully saturated rings. The molecule has 0 amide bonds. The van der Waals surface area contributed by atoms with Gasteiger partial charge in [0, 0.05) is 13.0 Å². The molecule has 0 saturated heterocycles. The summed E-state index contributed by atoms with van der Waals surface area (Å²) in [6.45, 7) is 6.25. The van der Waals surface area contributed by atoms with Gasteiger partial charge in [0.15, 0.2) is 0 Å². The van der Waals surface area contributed by atoms with Crippen molar-refractivity contribution in [1.82, 2.24) is 0 Å². The van der Waals surface area contributed by atoms with Crippen molar-refractivity contribution in [3.63, 3.8) is 0 Å². The highest BCUT2D eigenvalue weighted by atomic mass is 16.7. The first-order valence-corrected chi connectivity index (χ1v) is 3.85. The third-order valence-electron chi connectivity index (χ3n) is 1.21. The maximum atomic E-state index is 10.6. The molecule has 0 bridgehead atoms. The topological polar surface area (TPSA) is 35.5 Å². The number of ketones is 1. The van der Waals surface area contributed by atoms with Crippen molar-refractivity contribution in [3.05, 3.63) is 0 Å². The molecule has 3 heteroatoms. The lowest BCUT2D eigenvalue weighted by molar-refractivity contribution is -0.123. The van der Waals surface area contributed by atoms with Crippen LogP contribution in [-0.2, 0) is 14.3 Å². The van der Waals surface area contributed by atoms with Gasteiger partial charge >= 0.3 is 0 Å². The number of ether oxygens (including phenoxy) is 2. The van der Waals surface area contributed by atoms with E-state index in [1.807, 2.05) is 13.8 Å². The van der Waals surface area contributed by atoms with E-state index < -0.39 is 0 Å². The lowest BCUT2D eigenvalue weighted by Crippen LogP contribution is -2.14. The number of Topliss-reactive ketones (excluding diaryl/α,β-unsaturated/α-hetero) is 1. The summed E-state index contributed by atoms with van der Waals surface area (Å²) >= 11 is 0. The molecule has 0 spiro atoms. The van der Waals surface area contributed by atoms with Crippen LogP contribution in [0.1, 0.15) is 27.2 Å². The summed E-state index contributed by atoms with van der Waals surface area (Å²) in [7, 11) is 0. The zero-order valence-corrected chi connectivity index (χ0v) is 7.42. The Labute approximate surface area is 67.7 Å². The van der Waals surface area contributed by atoms with Crippen LogP contribution in [0.4, 0.5) is 0 Å². The minimum atomic E-state index is -0.0287. The van der Waals surface area contributed by atoms with E-state index in [9.17, 15) is 4.79 Å². The molecule has 0 saturated carbocycles. The molecule has 0 aromatic heterocycles. The first-order valence-electron chi connectivity index (χ1n) is 3.85. The van der Waals surface area contributed by atoms with Crippen molar-refractivity contribution in [2.24, 2.45) is 0 Å². The van der Waals surface area contributed by atoms with E-state index in [2.05, 4.69) is 0 Å². The number of carbonyl (C=O) groups is 1. The Morgan fingerprint density at radius 1 is 1.55 bits per heavy atom. The van der Waals surface area contributed by atoms with Crippen LogP contribution in [0.15, 0.2) is 0 Å². The largest absolute Gasteiger partial charge is 0.356 e. The number of hydrogen-bond acceptors (Lipinski definition) is 3. The van der Waals surface area contributed by atoms with Crippen LogP contribution in [0.2, 0.25) is 0 Å². The second-order valence-electron chi connectivity index (χ2n) is 2.49. The molecule has 1 unspecified atom stereocenters. The second-order valence-corrected chi connectivity index (χ2v) is 2.49. The number of hydrogen-bond donors (Lipinski definition) is 0. The first-order chi connectivity index (χ1) is 5.16. The third kappa shape index (κ3) is 7.49. The van der Waals surface area contributed by atoms with Crippen LogP contribution < -0.4 is 0 Å². The van der Waals surface area contributed by atoms with Gasteiger partial charge in [0.05, 0.1) is 6.10 Å². The van der Waals surface area contributed by atoms with Crippen LogP contribution in [-0.4, -0.2) is 25.3 Å². The maximum Gasteiger partial charge on any atom is 0.147 e. The molecule has 0 rings (SSSR count). The van der Waals surface area contributed by atoms with Gasteiger partial charge in [-0.25, -0.2) is 0 Å². The molecular formula is C8H16O3. The first kappa shape index (κ1) is 10.6. The number of carbonyl (C=O) groups excluding carboxylic acids is 1. The van der Waals surface area contributed by atoms with Gasteiger partial charge in [-0.2, -0.15) is 0 Å². The van der Waals surface area contributed by atoms with E-state index >= 15 is 0 Å². The van der Waals surface area contributed by atoms with Crippen LogP contribution in [0.5, 0.6) is 0 Å². The van der Waals surface area contributed by atoms with Crippen molar-refractivity contribution in [2.75, 3.05) is 13.4 Å². The molecule has 0 N–H and O–H groups in total. The van der Waals surface area contributed by atoms with Crippen LogP contribution in [0.25, 0.3) is 0 Å². The van der Waals surface area contributed by atoms with Gasteiger partial charge in [0.2, 0.25) is 0 Å². The van der Waals surface area contributed by atoms with Crippen molar-refractivity contribution >= 4 is 5.78 Å². The molecule has 0 aliphatic heterocycles. The number of rotatable bonds is 6. The average Bonchev–Trinajstić information content (AvgIpc) is 1.86. The average molecular weight is 160 g/mol. The minimum Gasteiger partial charge on any atom is -0.356 e. The Morgan fingerprint density at radius 3 is 2.64 bits per heavy atom. The van der Waals surface area contributed by atoms with Crippen molar-refractivity contribution in [1.29, 1.82) is 0 Å². The van der Waals surface area contributed by atoms with E-state index in [4.69, 9.17) is 9.47 Å². The van der Waals surface area contributed by atoms with Gasteiger partial charge in [0.25, 0.3) is 0 Å². The molecule has 0 aliphatic rings. The lowest BCUT2D eigenvalue weighted by atomic mass is 10.2. The van der Waals surface area contributed by atoms with Gasteiger partial charge in [-0.1, -0.05) is 0 Å². The summed E-state index contributed by atoms with van der Waals surface area (Å²) in [5.74, 6) is 0.147. The van der Waals surface area contributed by atoms with E-state index in [0.717, 1.165) is 0 Å². The summed E-state index contributed by atoms with van der Waals surface area (Å²) in [5.41, 5.74) is 0. The SMILES string of the molecule is CCOCOC(C)CC(C)=O. The summed E-state index contributed by atoms with van der Waals surface area (Å²) in [6.07, 6.45) is 0.437. The van der Waals surface area contributed by atoms with Crippen molar-refractivity contribution < 1.29 is 14.3 Å². The van der Waals surface area contributed by atoms with Gasteiger partial charge in [-0.3, -0.25) is 4.79 Å². The quantitative estimate of drug-likeness (QED) is 0.435. The molecule has 11 heavy (non-hydrogen) atoms. The fourth-order valence-electron chi connectivity index (χ4n) is 0.711. The third-order valence-corrected chi connectivity index (χ3v) is 1.21. The highest BCUT2D eigenvalue weighted by Gasteiger charge is 2.04. The zero-order chi connectivity index (χ0) is 8.69. The van der Waals surface area contributed by atoms with Crippen molar-refractivity contribution in [2.45, 2.75) is 33.3 Å². The highest BCUT2D eigenvalue weighted by Crippen LogP contribution is 1.97. The Kier molecular flexibility index (Phi) is 6.07. The fraction of sp³-hybridized carbons (Fsp3) is 0.875. The molecule has 0 aromatic rings. The Balaban J connectivity index is 3.22. The molecule has 1 atom stereocenters. The molecule has 0 radical (unpaired) electrons. The standard InChI is InChI=1S/C8H16O3/c1-4-10-6-11-8(3)5-7(2)9/h8H,4-6H2,1-3H3. The minimum absolute atomic E-state index is 0.0287. The zero-order valence-electron chi connectivity index (χ0n) is 7.42. The van der Waals surface area contributed by atoms with Gasteiger partial charge in [0.1, 0.15) is 12.6 Å². The van der Waals surface area contributed by atoms with Crippen molar-refractivity contribution in [3.8, 4) is 0 Å². The molecule has 0 aliphatic carbocycles. The predicted octanol–water partition coefficient (Wildman–Crippen LogP) is 1.36. The van der Waals surface area contributed by atoms with Crippen LogP contribution in [0, 0.1) is 0 Å². The Bertz CT molecular complexity index is 112. The van der Waals surface area contributed by atoms with E-state index in [0.29, 0.717) is 13.0 Å². The van der Waals surface area contributed by atoms with Gasteiger partial charge < -0.3 is 9.47 Å². The lowest BCUT2D eigenvalue weighted by Gasteiger charge is -2.10. The van der Waals surface area contributed by atoms with E-state index in [1.54, 1.807) is 6.92 Å². The molecular weight excluding hydrogens is 144 g/mol. The van der Waals surface area contributed by atoms with Gasteiger partial charge in [-0.05, 0) is 20.8 Å². The summed E-state index contributed by atoms with van der Waals surface area (Å²) in [4.78, 5) is 10.6. The summed E-state index contributed by atoms with van der Waals surface area (Å²) in [5, 5.41) is 0. The molecule has 66 valence electrons. The molecule has 3 nitrogen and oxygen atoms in total. The Hall–Kier alpha value is -0.410. The Morgan fingerprint density at radius 2 is 2.18 bits per heavy atom. The highest BCUT2D eigenvalue weighted by molar-refractivity contribution is 5.75. The second kappa shape index (κ2) is 6.31.